The molecule has 1 unspecified atom stereocenters. The van der Waals surface area contributed by atoms with Gasteiger partial charge in [0, 0.05) is 10.1 Å². The minimum absolute atomic E-state index is 0.534. The maximum atomic E-state index is 9.05. The number of rotatable bonds is 2. The zero-order valence-electron chi connectivity index (χ0n) is 7.17. The molecule has 1 nitrogen and oxygen atoms in total. The van der Waals surface area contributed by atoms with Crippen molar-refractivity contribution in [2.45, 2.75) is 13.0 Å². The first-order chi connectivity index (χ1) is 6.09. The van der Waals surface area contributed by atoms with Gasteiger partial charge in [-0.2, -0.15) is 0 Å². The fourth-order valence-electron chi connectivity index (χ4n) is 0.917. The molecule has 1 aromatic carbocycles. The second kappa shape index (κ2) is 4.66. The zero-order chi connectivity index (χ0) is 9.84. The number of aliphatic hydroxyl groups is 1. The monoisotopic (exact) mass is 216 g/mol. The van der Waals surface area contributed by atoms with Crippen molar-refractivity contribution in [1.82, 2.24) is 0 Å². The summed E-state index contributed by atoms with van der Waals surface area (Å²) >= 11 is 11.6. The van der Waals surface area contributed by atoms with Crippen molar-refractivity contribution in [2.24, 2.45) is 0 Å². The number of hydrogen-bond acceptors (Lipinski definition) is 1. The average molecular weight is 217 g/mol. The number of benzene rings is 1. The van der Waals surface area contributed by atoms with Gasteiger partial charge in [-0.15, -0.1) is 0 Å². The van der Waals surface area contributed by atoms with Gasteiger partial charge in [0.2, 0.25) is 0 Å². The van der Waals surface area contributed by atoms with Gasteiger partial charge in [-0.1, -0.05) is 35.3 Å². The van der Waals surface area contributed by atoms with E-state index in [-0.39, 0.29) is 0 Å². The topological polar surface area (TPSA) is 20.2 Å². The molecule has 70 valence electrons. The largest absolute Gasteiger partial charge is 0.389 e. The first-order valence-electron chi connectivity index (χ1n) is 3.91. The third kappa shape index (κ3) is 3.39. The molecule has 0 aromatic heterocycles. The molecule has 1 rings (SSSR count). The summed E-state index contributed by atoms with van der Waals surface area (Å²) in [6.45, 7) is 1.65. The molecule has 0 aliphatic rings. The molecular weight excluding hydrogens is 207 g/mol. The second-order valence-electron chi connectivity index (χ2n) is 2.76. The Bertz CT molecular complexity index is 301. The summed E-state index contributed by atoms with van der Waals surface area (Å²) in [5.41, 5.74) is 0.854. The van der Waals surface area contributed by atoms with E-state index in [1.54, 1.807) is 25.1 Å². The Morgan fingerprint density at radius 1 is 1.38 bits per heavy atom. The van der Waals surface area contributed by atoms with Crippen LogP contribution in [0.15, 0.2) is 30.3 Å². The Morgan fingerprint density at radius 3 is 2.38 bits per heavy atom. The van der Waals surface area contributed by atoms with Crippen LogP contribution in [0.1, 0.15) is 12.5 Å². The molecule has 13 heavy (non-hydrogen) atoms. The number of halogens is 2. The molecule has 0 radical (unpaired) electrons. The smallest absolute Gasteiger partial charge is 0.0710 e. The van der Waals surface area contributed by atoms with E-state index in [1.807, 2.05) is 12.1 Å². The molecule has 0 aliphatic heterocycles. The van der Waals surface area contributed by atoms with E-state index in [0.717, 1.165) is 5.56 Å². The third-order valence-corrected chi connectivity index (χ3v) is 2.10. The molecule has 1 N–H and O–H groups in total. The molecule has 1 aromatic rings. The predicted molar refractivity (Wildman–Crippen MR) is 57.0 cm³/mol. The maximum absolute atomic E-state index is 9.05. The Kier molecular flexibility index (Phi) is 3.79. The van der Waals surface area contributed by atoms with Crippen LogP contribution in [0.4, 0.5) is 0 Å². The van der Waals surface area contributed by atoms with Crippen LogP contribution in [0.25, 0.3) is 5.03 Å². The van der Waals surface area contributed by atoms with Crippen LogP contribution < -0.4 is 0 Å². The zero-order valence-corrected chi connectivity index (χ0v) is 8.68. The molecular formula is C10H10Cl2O. The Balaban J connectivity index is 2.89. The fourth-order valence-corrected chi connectivity index (χ4v) is 1.35. The quantitative estimate of drug-likeness (QED) is 0.805. The lowest BCUT2D eigenvalue weighted by molar-refractivity contribution is 0.245. The van der Waals surface area contributed by atoms with Crippen LogP contribution in [0.5, 0.6) is 0 Å². The fraction of sp³-hybridized carbons (Fsp3) is 0.200. The van der Waals surface area contributed by atoms with E-state index >= 15 is 0 Å². The summed E-state index contributed by atoms with van der Waals surface area (Å²) in [5.74, 6) is 0. The molecule has 0 heterocycles. The molecule has 1 atom stereocenters. The Labute approximate surface area is 87.6 Å². The SMILES string of the molecule is CC(O)C=C(Cl)c1ccc(Cl)cc1. The van der Waals surface area contributed by atoms with Crippen molar-refractivity contribution in [2.75, 3.05) is 0 Å². The molecule has 0 fully saturated rings. The van der Waals surface area contributed by atoms with Gasteiger partial charge in [-0.25, -0.2) is 0 Å². The molecule has 0 bridgehead atoms. The lowest BCUT2D eigenvalue weighted by atomic mass is 10.2. The van der Waals surface area contributed by atoms with Crippen LogP contribution in [0, 0.1) is 0 Å². The highest BCUT2D eigenvalue weighted by Crippen LogP contribution is 2.21. The van der Waals surface area contributed by atoms with Gasteiger partial charge in [-0.3, -0.25) is 0 Å². The van der Waals surface area contributed by atoms with Crippen LogP contribution in [-0.2, 0) is 0 Å². The summed E-state index contributed by atoms with van der Waals surface area (Å²) in [5, 5.41) is 10.3. The van der Waals surface area contributed by atoms with Crippen molar-refractivity contribution < 1.29 is 5.11 Å². The molecule has 0 amide bonds. The molecule has 3 heteroatoms. The van der Waals surface area contributed by atoms with Gasteiger partial charge >= 0.3 is 0 Å². The third-order valence-electron chi connectivity index (χ3n) is 1.51. The Hall–Kier alpha value is -0.500. The molecule has 0 saturated heterocycles. The lowest BCUT2D eigenvalue weighted by Crippen LogP contribution is -1.93. The standard InChI is InChI=1S/C10H10Cl2O/c1-7(13)6-10(12)8-2-4-9(11)5-3-8/h2-7,13H,1H3. The molecule has 0 aliphatic carbocycles. The second-order valence-corrected chi connectivity index (χ2v) is 3.61. The first kappa shape index (κ1) is 10.6. The maximum Gasteiger partial charge on any atom is 0.0710 e. The van der Waals surface area contributed by atoms with E-state index in [0.29, 0.717) is 10.1 Å². The highest BCUT2D eigenvalue weighted by Gasteiger charge is 1.99. The predicted octanol–water partition coefficient (Wildman–Crippen LogP) is 3.30. The summed E-state index contributed by atoms with van der Waals surface area (Å²) in [6.07, 6.45) is 1.04. The van der Waals surface area contributed by atoms with E-state index in [1.165, 1.54) is 0 Å². The lowest BCUT2D eigenvalue weighted by Gasteiger charge is -2.01. The normalized spacial score (nSPS) is 14.3. The minimum Gasteiger partial charge on any atom is -0.389 e. The first-order valence-corrected chi connectivity index (χ1v) is 4.66. The summed E-state index contributed by atoms with van der Waals surface area (Å²) in [4.78, 5) is 0. The molecule has 0 spiro atoms. The van der Waals surface area contributed by atoms with Crippen molar-refractivity contribution in [3.8, 4) is 0 Å². The van der Waals surface area contributed by atoms with Crippen molar-refractivity contribution in [3.05, 3.63) is 40.9 Å². The van der Waals surface area contributed by atoms with Gasteiger partial charge in [0.15, 0.2) is 0 Å². The van der Waals surface area contributed by atoms with Crippen LogP contribution in [0.2, 0.25) is 5.02 Å². The average Bonchev–Trinajstić information content (AvgIpc) is 2.04. The summed E-state index contributed by atoms with van der Waals surface area (Å²) < 4.78 is 0. The van der Waals surface area contributed by atoms with Gasteiger partial charge in [0.05, 0.1) is 6.10 Å². The van der Waals surface area contributed by atoms with Gasteiger partial charge in [0.1, 0.15) is 0 Å². The summed E-state index contributed by atoms with van der Waals surface area (Å²) in [6, 6.07) is 7.14. The van der Waals surface area contributed by atoms with Crippen LogP contribution in [0.3, 0.4) is 0 Å². The van der Waals surface area contributed by atoms with E-state index < -0.39 is 6.10 Å². The minimum atomic E-state index is -0.539. The Morgan fingerprint density at radius 2 is 1.92 bits per heavy atom. The van der Waals surface area contributed by atoms with E-state index in [2.05, 4.69) is 0 Å². The molecule has 0 saturated carbocycles. The summed E-state index contributed by atoms with van der Waals surface area (Å²) in [7, 11) is 0. The van der Waals surface area contributed by atoms with Crippen molar-refractivity contribution >= 4 is 28.2 Å². The number of hydrogen-bond donors (Lipinski definition) is 1. The van der Waals surface area contributed by atoms with Gasteiger partial charge in [0.25, 0.3) is 0 Å². The van der Waals surface area contributed by atoms with E-state index in [4.69, 9.17) is 28.3 Å². The highest BCUT2D eigenvalue weighted by atomic mass is 35.5. The van der Waals surface area contributed by atoms with Crippen LogP contribution in [-0.4, -0.2) is 11.2 Å². The van der Waals surface area contributed by atoms with Gasteiger partial charge in [-0.05, 0) is 30.7 Å². The van der Waals surface area contributed by atoms with Crippen LogP contribution >= 0.6 is 23.2 Å². The number of aliphatic hydroxyl groups excluding tert-OH is 1. The van der Waals surface area contributed by atoms with Crippen molar-refractivity contribution in [1.29, 1.82) is 0 Å². The van der Waals surface area contributed by atoms with Crippen molar-refractivity contribution in [3.63, 3.8) is 0 Å². The highest BCUT2D eigenvalue weighted by molar-refractivity contribution is 6.48. The van der Waals surface area contributed by atoms with Gasteiger partial charge < -0.3 is 5.11 Å². The van der Waals surface area contributed by atoms with E-state index in [9.17, 15) is 0 Å².